The van der Waals surface area contributed by atoms with E-state index in [1.807, 2.05) is 0 Å². The highest BCUT2D eigenvalue weighted by atomic mass is 15.2. The second-order valence-electron chi connectivity index (χ2n) is 16.5. The third kappa shape index (κ3) is 4.36. The molecule has 260 valence electrons. The number of nitrogens with one attached hydrogen (secondary N) is 1. The van der Waals surface area contributed by atoms with Crippen LogP contribution in [-0.2, 0) is 10.8 Å². The molecule has 3 unspecified atom stereocenters. The van der Waals surface area contributed by atoms with Crippen molar-refractivity contribution < 1.29 is 0 Å². The lowest BCUT2D eigenvalue weighted by Crippen LogP contribution is -2.37. The van der Waals surface area contributed by atoms with E-state index in [1.54, 1.807) is 0 Å². The summed E-state index contributed by atoms with van der Waals surface area (Å²) in [5.74, 6) is 2.37. The normalized spacial score (nSPS) is 22.1. The molecule has 1 N–H and O–H groups in total. The van der Waals surface area contributed by atoms with Gasteiger partial charge in [-0.3, -0.25) is 0 Å². The Morgan fingerprint density at radius 1 is 0.519 bits per heavy atom. The van der Waals surface area contributed by atoms with Crippen LogP contribution in [0.3, 0.4) is 0 Å². The monoisotopic (exact) mass is 695 g/mol. The van der Waals surface area contributed by atoms with Crippen molar-refractivity contribution in [3.05, 3.63) is 191 Å². The summed E-state index contributed by atoms with van der Waals surface area (Å²) in [7, 11) is 0. The summed E-state index contributed by atoms with van der Waals surface area (Å²) in [6.07, 6.45) is 15.4. The lowest BCUT2D eigenvalue weighted by molar-refractivity contribution is 0.656. The first-order chi connectivity index (χ1) is 26.3. The minimum Gasteiger partial charge on any atom is -0.324 e. The van der Waals surface area contributed by atoms with Crippen LogP contribution in [0.15, 0.2) is 167 Å². The molecule has 54 heavy (non-hydrogen) atoms. The summed E-state index contributed by atoms with van der Waals surface area (Å²) in [4.78, 5) is 11.4. The van der Waals surface area contributed by atoms with Crippen LogP contribution in [0.25, 0.3) is 43.8 Å². The molecule has 0 spiro atoms. The Balaban J connectivity index is 1.22. The quantitative estimate of drug-likeness (QED) is 0.197. The van der Waals surface area contributed by atoms with Crippen LogP contribution in [0.5, 0.6) is 0 Å². The van der Waals surface area contributed by atoms with Crippen molar-refractivity contribution >= 4 is 33.2 Å². The number of aliphatic imine (C=N–C) groups is 2. The Bertz CT molecular complexity index is 2820. The van der Waals surface area contributed by atoms with Crippen molar-refractivity contribution in [2.45, 2.75) is 44.7 Å². The summed E-state index contributed by atoms with van der Waals surface area (Å²) >= 11 is 0. The van der Waals surface area contributed by atoms with Crippen molar-refractivity contribution in [2.24, 2.45) is 21.8 Å². The van der Waals surface area contributed by atoms with Crippen molar-refractivity contribution in [1.29, 1.82) is 0 Å². The van der Waals surface area contributed by atoms with Gasteiger partial charge in [-0.2, -0.15) is 0 Å². The molecule has 3 atom stereocenters. The maximum absolute atomic E-state index is 5.79. The van der Waals surface area contributed by atoms with Crippen LogP contribution in [0.2, 0.25) is 0 Å². The van der Waals surface area contributed by atoms with Crippen molar-refractivity contribution in [3.8, 4) is 22.3 Å². The maximum Gasteiger partial charge on any atom is 0.170 e. The zero-order valence-electron chi connectivity index (χ0n) is 31.1. The van der Waals surface area contributed by atoms with Gasteiger partial charge in [0.25, 0.3) is 0 Å². The fourth-order valence-corrected chi connectivity index (χ4v) is 10.1. The molecule has 3 nitrogen and oxygen atoms in total. The van der Waals surface area contributed by atoms with E-state index in [-0.39, 0.29) is 16.7 Å². The molecular weight excluding hydrogens is 655 g/mol. The molecular formula is C51H41N3. The second-order valence-corrected chi connectivity index (χ2v) is 16.5. The predicted molar refractivity (Wildman–Crippen MR) is 225 cm³/mol. The Morgan fingerprint density at radius 2 is 1.07 bits per heavy atom. The van der Waals surface area contributed by atoms with Gasteiger partial charge < -0.3 is 5.32 Å². The first kappa shape index (κ1) is 31.5. The van der Waals surface area contributed by atoms with Crippen LogP contribution in [0, 0.1) is 11.8 Å². The lowest BCUT2D eigenvalue weighted by atomic mass is 9.80. The highest BCUT2D eigenvalue weighted by molar-refractivity contribution is 6.24. The van der Waals surface area contributed by atoms with E-state index in [0.717, 1.165) is 22.8 Å². The molecule has 0 amide bonds. The van der Waals surface area contributed by atoms with E-state index in [0.29, 0.717) is 5.92 Å². The number of rotatable bonds is 3. The van der Waals surface area contributed by atoms with E-state index >= 15 is 0 Å². The summed E-state index contributed by atoms with van der Waals surface area (Å²) in [5.41, 5.74) is 13.6. The fraction of sp³-hybridized carbons (Fsp3) is 0.176. The maximum atomic E-state index is 5.79. The number of benzene rings is 6. The van der Waals surface area contributed by atoms with Gasteiger partial charge in [0, 0.05) is 39.4 Å². The van der Waals surface area contributed by atoms with Crippen LogP contribution < -0.4 is 5.32 Å². The summed E-state index contributed by atoms with van der Waals surface area (Å²) < 4.78 is 0. The number of amidine groups is 2. The Morgan fingerprint density at radius 3 is 1.80 bits per heavy atom. The molecule has 4 aliphatic carbocycles. The molecule has 6 aromatic rings. The number of hydrogen-bond donors (Lipinski definition) is 1. The molecule has 3 heteroatoms. The van der Waals surface area contributed by atoms with Gasteiger partial charge >= 0.3 is 0 Å². The standard InChI is InChI=1S/C51H41N3/c1-50(2)39-23-13-11-21-37(39)43-41(50)28-32-17-7-9-19-35(32)45(43)48-52-47(34-26-25-30-15-5-6-16-31(30)27-34)53-49(54-48)46-36-20-10-8-18-33(36)29-42-44(46)38-22-12-14-24-40(38)51(42,3)4/h5-31,48H,1-4H3,(H,52,53,54). The summed E-state index contributed by atoms with van der Waals surface area (Å²) in [6, 6.07) is 40.4. The number of allylic oxidation sites excluding steroid dienone is 6. The number of hydrogen-bond acceptors (Lipinski definition) is 3. The van der Waals surface area contributed by atoms with E-state index < -0.39 is 6.17 Å². The Kier molecular flexibility index (Phi) is 6.54. The van der Waals surface area contributed by atoms with E-state index in [4.69, 9.17) is 9.98 Å². The minimum absolute atomic E-state index is 0.160. The third-order valence-corrected chi connectivity index (χ3v) is 12.8. The summed E-state index contributed by atoms with van der Waals surface area (Å²) in [6.45, 7) is 9.45. The van der Waals surface area contributed by atoms with Gasteiger partial charge in [0.05, 0.1) is 0 Å². The lowest BCUT2D eigenvalue weighted by Gasteiger charge is -2.29. The van der Waals surface area contributed by atoms with Crippen molar-refractivity contribution in [2.75, 3.05) is 0 Å². The molecule has 6 aromatic carbocycles. The topological polar surface area (TPSA) is 36.8 Å². The Labute approximate surface area is 316 Å². The van der Waals surface area contributed by atoms with E-state index in [9.17, 15) is 0 Å². The molecule has 1 aliphatic heterocycles. The molecule has 0 aromatic heterocycles. The molecule has 0 bridgehead atoms. The Hall–Kier alpha value is -6.06. The second kappa shape index (κ2) is 11.2. The molecule has 0 radical (unpaired) electrons. The van der Waals surface area contributed by atoms with Crippen LogP contribution in [-0.4, -0.2) is 11.7 Å². The average Bonchev–Trinajstić information content (AvgIpc) is 3.57. The molecule has 0 saturated heterocycles. The van der Waals surface area contributed by atoms with Crippen LogP contribution in [0.1, 0.15) is 67.2 Å². The van der Waals surface area contributed by atoms with E-state index in [2.05, 4.69) is 185 Å². The molecule has 0 saturated carbocycles. The van der Waals surface area contributed by atoms with Gasteiger partial charge in [0.1, 0.15) is 11.7 Å². The largest absolute Gasteiger partial charge is 0.324 e. The summed E-state index contributed by atoms with van der Waals surface area (Å²) in [5, 5.41) is 8.74. The number of nitrogens with zero attached hydrogens (tertiary/aromatic N) is 2. The zero-order valence-corrected chi connectivity index (χ0v) is 31.1. The molecule has 0 fully saturated rings. The zero-order chi connectivity index (χ0) is 36.3. The molecule has 11 rings (SSSR count). The molecule has 5 aliphatic rings. The van der Waals surface area contributed by atoms with Gasteiger partial charge in [-0.25, -0.2) is 9.98 Å². The first-order valence-corrected chi connectivity index (χ1v) is 19.3. The molecule has 1 heterocycles. The highest BCUT2D eigenvalue weighted by Crippen LogP contribution is 2.55. The third-order valence-electron chi connectivity index (χ3n) is 12.8. The van der Waals surface area contributed by atoms with Crippen LogP contribution >= 0.6 is 0 Å². The van der Waals surface area contributed by atoms with Crippen molar-refractivity contribution in [3.63, 3.8) is 0 Å². The van der Waals surface area contributed by atoms with Gasteiger partial charge in [0.15, 0.2) is 6.17 Å². The average molecular weight is 696 g/mol. The van der Waals surface area contributed by atoms with Crippen molar-refractivity contribution in [1.82, 2.24) is 5.32 Å². The van der Waals surface area contributed by atoms with Gasteiger partial charge in [-0.1, -0.05) is 167 Å². The first-order valence-electron chi connectivity index (χ1n) is 19.3. The van der Waals surface area contributed by atoms with Crippen LogP contribution in [0.4, 0.5) is 0 Å². The van der Waals surface area contributed by atoms with Gasteiger partial charge in [-0.15, -0.1) is 0 Å². The smallest absolute Gasteiger partial charge is 0.170 e. The van der Waals surface area contributed by atoms with Gasteiger partial charge in [0.2, 0.25) is 0 Å². The minimum atomic E-state index is -0.480. The van der Waals surface area contributed by atoms with Gasteiger partial charge in [-0.05, 0) is 78.2 Å². The highest BCUT2D eigenvalue weighted by Gasteiger charge is 2.41. The SMILES string of the molecule is CC1(C)c2ccccc2-c2c1cc1ccccc1c2C1=NC(c2c3c(cc4ccccc24)C(C)(C)c2ccccc2-3)N=C(C2=CC3C=CC=CC3C=C2)N1. The number of fused-ring (bicyclic) bond motifs is 9. The predicted octanol–water partition coefficient (Wildman–Crippen LogP) is 11.9. The van der Waals surface area contributed by atoms with E-state index in [1.165, 1.54) is 71.6 Å². The fourth-order valence-electron chi connectivity index (χ4n) is 10.1.